The second-order valence-electron chi connectivity index (χ2n) is 6.51. The molecule has 3 rings (SSSR count). The monoisotopic (exact) mass is 306 g/mol. The maximum atomic E-state index is 12.6. The Labute approximate surface area is 131 Å². The molecule has 0 bridgehead atoms. The van der Waals surface area contributed by atoms with Gasteiger partial charge in [-0.15, -0.1) is 0 Å². The van der Waals surface area contributed by atoms with E-state index >= 15 is 0 Å². The van der Waals surface area contributed by atoms with Gasteiger partial charge in [0.15, 0.2) is 0 Å². The van der Waals surface area contributed by atoms with Crippen molar-refractivity contribution < 1.29 is 4.79 Å². The first kappa shape index (κ1) is 14.9. The minimum Gasteiger partial charge on any atom is -0.342 e. The molecular weight excluding hydrogens is 284 g/mol. The third-order valence-electron chi connectivity index (χ3n) is 4.82. The predicted molar refractivity (Wildman–Crippen MR) is 85.5 cm³/mol. The normalized spacial score (nSPS) is 26.0. The second kappa shape index (κ2) is 6.37. The molecule has 2 aliphatic heterocycles. The lowest BCUT2D eigenvalue weighted by atomic mass is 9.74. The Balaban J connectivity index is 1.64. The quantitative estimate of drug-likeness (QED) is 0.911. The van der Waals surface area contributed by atoms with Gasteiger partial charge in [0, 0.05) is 30.1 Å². The van der Waals surface area contributed by atoms with Gasteiger partial charge in [0.1, 0.15) is 0 Å². The highest BCUT2D eigenvalue weighted by Crippen LogP contribution is 2.36. The molecule has 2 fully saturated rings. The first-order chi connectivity index (χ1) is 10.2. The lowest BCUT2D eigenvalue weighted by molar-refractivity contribution is -0.134. The number of amides is 1. The van der Waals surface area contributed by atoms with Crippen LogP contribution in [0.4, 0.5) is 0 Å². The largest absolute Gasteiger partial charge is 0.342 e. The maximum Gasteiger partial charge on any atom is 0.227 e. The first-order valence-electron chi connectivity index (χ1n) is 7.90. The summed E-state index contributed by atoms with van der Waals surface area (Å²) < 4.78 is 0. The number of benzene rings is 1. The van der Waals surface area contributed by atoms with Gasteiger partial charge in [-0.1, -0.05) is 23.7 Å². The number of piperidine rings is 2. The molecule has 2 heterocycles. The molecule has 1 N–H and O–H groups in total. The van der Waals surface area contributed by atoms with Crippen LogP contribution in [0.5, 0.6) is 0 Å². The van der Waals surface area contributed by atoms with Gasteiger partial charge in [0.25, 0.3) is 0 Å². The number of rotatable bonds is 2. The van der Waals surface area contributed by atoms with E-state index < -0.39 is 0 Å². The summed E-state index contributed by atoms with van der Waals surface area (Å²) in [7, 11) is 0. The van der Waals surface area contributed by atoms with Crippen molar-refractivity contribution >= 4 is 17.5 Å². The van der Waals surface area contributed by atoms with E-state index in [0.29, 0.717) is 16.9 Å². The Morgan fingerprint density at radius 1 is 1.33 bits per heavy atom. The fourth-order valence-electron chi connectivity index (χ4n) is 3.73. The molecular formula is C17H23ClN2O. The van der Waals surface area contributed by atoms with Crippen LogP contribution in [0.1, 0.15) is 31.2 Å². The lowest BCUT2D eigenvalue weighted by Crippen LogP contribution is -2.52. The molecule has 1 unspecified atom stereocenters. The Kier molecular flexibility index (Phi) is 4.51. The number of hydrogen-bond donors (Lipinski definition) is 1. The Bertz CT molecular complexity index is 506. The van der Waals surface area contributed by atoms with Gasteiger partial charge >= 0.3 is 0 Å². The molecule has 1 aromatic rings. The zero-order chi connectivity index (χ0) is 14.7. The van der Waals surface area contributed by atoms with Gasteiger partial charge in [-0.25, -0.2) is 0 Å². The summed E-state index contributed by atoms with van der Waals surface area (Å²) in [4.78, 5) is 14.6. The van der Waals surface area contributed by atoms with Crippen LogP contribution in [0, 0.1) is 5.41 Å². The van der Waals surface area contributed by atoms with E-state index in [2.05, 4.69) is 10.2 Å². The van der Waals surface area contributed by atoms with Crippen molar-refractivity contribution in [2.75, 3.05) is 26.2 Å². The lowest BCUT2D eigenvalue weighted by Gasteiger charge is -2.45. The van der Waals surface area contributed by atoms with Gasteiger partial charge in [0.05, 0.1) is 6.42 Å². The smallest absolute Gasteiger partial charge is 0.227 e. The van der Waals surface area contributed by atoms with Gasteiger partial charge < -0.3 is 10.2 Å². The van der Waals surface area contributed by atoms with Crippen LogP contribution in [0.25, 0.3) is 0 Å². The van der Waals surface area contributed by atoms with Crippen molar-refractivity contribution in [3.63, 3.8) is 0 Å². The Morgan fingerprint density at radius 3 is 2.95 bits per heavy atom. The van der Waals surface area contributed by atoms with Gasteiger partial charge in [-0.05, 0) is 49.9 Å². The molecule has 3 nitrogen and oxygen atoms in total. The van der Waals surface area contributed by atoms with Gasteiger partial charge in [0.2, 0.25) is 5.91 Å². The van der Waals surface area contributed by atoms with E-state index in [1.807, 2.05) is 24.3 Å². The van der Waals surface area contributed by atoms with Crippen molar-refractivity contribution in [3.8, 4) is 0 Å². The number of likely N-dealkylation sites (tertiary alicyclic amines) is 1. The molecule has 0 radical (unpaired) electrons. The summed E-state index contributed by atoms with van der Waals surface area (Å²) in [6.45, 7) is 4.01. The Hall–Kier alpha value is -1.06. The van der Waals surface area contributed by atoms with Crippen LogP contribution in [0.3, 0.4) is 0 Å². The minimum absolute atomic E-state index is 0.238. The number of nitrogens with one attached hydrogen (secondary N) is 1. The van der Waals surface area contributed by atoms with Gasteiger partial charge in [-0.3, -0.25) is 4.79 Å². The van der Waals surface area contributed by atoms with Gasteiger partial charge in [-0.2, -0.15) is 0 Å². The standard InChI is InChI=1S/C17H23ClN2O/c18-15-5-1-4-14(10-15)11-16(21)20-9-3-7-17(13-20)6-2-8-19-12-17/h1,4-5,10,19H,2-3,6-9,11-13H2. The number of hydrogen-bond acceptors (Lipinski definition) is 2. The summed E-state index contributed by atoms with van der Waals surface area (Å²) in [5, 5.41) is 4.21. The molecule has 1 aromatic carbocycles. The fraction of sp³-hybridized carbons (Fsp3) is 0.588. The van der Waals surface area contributed by atoms with E-state index in [-0.39, 0.29) is 5.91 Å². The number of carbonyl (C=O) groups excluding carboxylic acids is 1. The summed E-state index contributed by atoms with van der Waals surface area (Å²) in [6, 6.07) is 7.62. The minimum atomic E-state index is 0.238. The van der Waals surface area contributed by atoms with Crippen molar-refractivity contribution in [1.82, 2.24) is 10.2 Å². The van der Waals surface area contributed by atoms with Crippen LogP contribution >= 0.6 is 11.6 Å². The van der Waals surface area contributed by atoms with Crippen LogP contribution < -0.4 is 5.32 Å². The average molecular weight is 307 g/mol. The number of halogens is 1. The summed E-state index contributed by atoms with van der Waals surface area (Å²) in [6.07, 6.45) is 5.32. The van der Waals surface area contributed by atoms with E-state index in [1.165, 1.54) is 19.3 Å². The zero-order valence-electron chi connectivity index (χ0n) is 12.4. The second-order valence-corrected chi connectivity index (χ2v) is 6.94. The molecule has 1 amide bonds. The number of nitrogens with zero attached hydrogens (tertiary/aromatic N) is 1. The topological polar surface area (TPSA) is 32.3 Å². The van der Waals surface area contributed by atoms with Crippen molar-refractivity contribution in [3.05, 3.63) is 34.9 Å². The van der Waals surface area contributed by atoms with Crippen molar-refractivity contribution in [1.29, 1.82) is 0 Å². The molecule has 0 aliphatic carbocycles. The highest BCUT2D eigenvalue weighted by Gasteiger charge is 2.37. The molecule has 21 heavy (non-hydrogen) atoms. The molecule has 1 spiro atoms. The van der Waals surface area contributed by atoms with E-state index in [9.17, 15) is 4.79 Å². The molecule has 2 aliphatic rings. The molecule has 4 heteroatoms. The predicted octanol–water partition coefficient (Wildman–Crippen LogP) is 2.87. The molecule has 114 valence electrons. The third kappa shape index (κ3) is 3.58. The van der Waals surface area contributed by atoms with Crippen LogP contribution in [0.2, 0.25) is 5.02 Å². The third-order valence-corrected chi connectivity index (χ3v) is 5.05. The van der Waals surface area contributed by atoms with Crippen LogP contribution in [0.15, 0.2) is 24.3 Å². The maximum absolute atomic E-state index is 12.6. The molecule has 0 aromatic heterocycles. The SMILES string of the molecule is O=C(Cc1cccc(Cl)c1)N1CCCC2(CCCNC2)C1. The van der Waals surface area contributed by atoms with Crippen molar-refractivity contribution in [2.45, 2.75) is 32.1 Å². The molecule has 1 atom stereocenters. The molecule has 0 saturated carbocycles. The highest BCUT2D eigenvalue weighted by atomic mass is 35.5. The van der Waals surface area contributed by atoms with E-state index in [0.717, 1.165) is 38.2 Å². The van der Waals surface area contributed by atoms with Crippen LogP contribution in [-0.2, 0) is 11.2 Å². The highest BCUT2D eigenvalue weighted by molar-refractivity contribution is 6.30. The summed E-state index contributed by atoms with van der Waals surface area (Å²) in [5.74, 6) is 0.238. The van der Waals surface area contributed by atoms with E-state index in [4.69, 9.17) is 11.6 Å². The number of carbonyl (C=O) groups is 1. The fourth-order valence-corrected chi connectivity index (χ4v) is 3.95. The average Bonchev–Trinajstić information content (AvgIpc) is 2.48. The van der Waals surface area contributed by atoms with E-state index in [1.54, 1.807) is 0 Å². The van der Waals surface area contributed by atoms with Crippen molar-refractivity contribution in [2.24, 2.45) is 5.41 Å². The summed E-state index contributed by atoms with van der Waals surface area (Å²) in [5.41, 5.74) is 1.33. The Morgan fingerprint density at radius 2 is 2.19 bits per heavy atom. The first-order valence-corrected chi connectivity index (χ1v) is 8.28. The zero-order valence-corrected chi connectivity index (χ0v) is 13.2. The molecule has 2 saturated heterocycles. The van der Waals surface area contributed by atoms with Crippen LogP contribution in [-0.4, -0.2) is 37.0 Å². The summed E-state index contributed by atoms with van der Waals surface area (Å²) >= 11 is 6.00.